The van der Waals surface area contributed by atoms with Crippen molar-refractivity contribution in [2.75, 3.05) is 0 Å². The maximum Gasteiger partial charge on any atom is 0.251 e. The van der Waals surface area contributed by atoms with Gasteiger partial charge in [-0.25, -0.2) is 0 Å². The Morgan fingerprint density at radius 2 is 2.00 bits per heavy atom. The first-order chi connectivity index (χ1) is 9.22. The third-order valence-corrected chi connectivity index (χ3v) is 4.17. The van der Waals surface area contributed by atoms with Crippen LogP contribution in [-0.4, -0.2) is 16.9 Å². The van der Waals surface area contributed by atoms with Crippen molar-refractivity contribution in [3.8, 4) is 0 Å². The molecule has 0 atom stereocenters. The lowest BCUT2D eigenvalue weighted by atomic mass is 9.87. The second-order valence-corrected chi connectivity index (χ2v) is 5.71. The van der Waals surface area contributed by atoms with Gasteiger partial charge in [0.15, 0.2) is 0 Å². The van der Waals surface area contributed by atoms with Crippen LogP contribution in [-0.2, 0) is 0 Å². The van der Waals surface area contributed by atoms with E-state index in [0.29, 0.717) is 6.04 Å². The number of H-pyrrole nitrogens is 1. The topological polar surface area (TPSA) is 44.9 Å². The summed E-state index contributed by atoms with van der Waals surface area (Å²) in [6, 6.07) is 8.18. The van der Waals surface area contributed by atoms with Gasteiger partial charge in [-0.3, -0.25) is 4.79 Å². The van der Waals surface area contributed by atoms with Crippen LogP contribution in [0, 0.1) is 5.92 Å². The van der Waals surface area contributed by atoms with Gasteiger partial charge >= 0.3 is 0 Å². The molecule has 3 rings (SSSR count). The highest BCUT2D eigenvalue weighted by Gasteiger charge is 2.20. The standard InChI is InChI=1S/C16H20N2O/c1-11-2-6-14(7-3-11)18-16(19)13-5-4-12-8-9-17-15(12)10-13/h4-5,8-11,14,17H,2-3,6-7H2,1H3,(H,18,19). The molecular formula is C16H20N2O. The molecule has 0 spiro atoms. The van der Waals surface area contributed by atoms with Gasteiger partial charge in [0.05, 0.1) is 0 Å². The summed E-state index contributed by atoms with van der Waals surface area (Å²) < 4.78 is 0. The molecule has 0 unspecified atom stereocenters. The highest BCUT2D eigenvalue weighted by molar-refractivity contribution is 5.98. The van der Waals surface area contributed by atoms with Crippen LogP contribution in [0.5, 0.6) is 0 Å². The minimum Gasteiger partial charge on any atom is -0.361 e. The number of rotatable bonds is 2. The van der Waals surface area contributed by atoms with Gasteiger partial charge < -0.3 is 10.3 Å². The van der Waals surface area contributed by atoms with Crippen LogP contribution in [0.2, 0.25) is 0 Å². The first-order valence-electron chi connectivity index (χ1n) is 7.10. The molecule has 3 heteroatoms. The fourth-order valence-corrected chi connectivity index (χ4v) is 2.86. The van der Waals surface area contributed by atoms with E-state index in [1.165, 1.54) is 12.8 Å². The molecule has 1 saturated carbocycles. The number of nitrogens with one attached hydrogen (secondary N) is 2. The van der Waals surface area contributed by atoms with Gasteiger partial charge in [-0.1, -0.05) is 13.0 Å². The Balaban J connectivity index is 1.69. The molecule has 0 radical (unpaired) electrons. The van der Waals surface area contributed by atoms with Crippen molar-refractivity contribution in [2.45, 2.75) is 38.6 Å². The molecule has 3 nitrogen and oxygen atoms in total. The lowest BCUT2D eigenvalue weighted by Crippen LogP contribution is -2.37. The highest BCUT2D eigenvalue weighted by atomic mass is 16.1. The van der Waals surface area contributed by atoms with Crippen molar-refractivity contribution in [3.05, 3.63) is 36.0 Å². The van der Waals surface area contributed by atoms with E-state index >= 15 is 0 Å². The predicted octanol–water partition coefficient (Wildman–Crippen LogP) is 3.48. The van der Waals surface area contributed by atoms with Gasteiger partial charge in [0, 0.05) is 23.3 Å². The number of benzene rings is 1. The van der Waals surface area contributed by atoms with E-state index in [1.54, 1.807) is 0 Å². The number of fused-ring (bicyclic) bond motifs is 1. The summed E-state index contributed by atoms with van der Waals surface area (Å²) in [4.78, 5) is 15.4. The van der Waals surface area contributed by atoms with Crippen LogP contribution >= 0.6 is 0 Å². The number of aromatic amines is 1. The number of carbonyl (C=O) groups excluding carboxylic acids is 1. The third kappa shape index (κ3) is 2.65. The summed E-state index contributed by atoms with van der Waals surface area (Å²) >= 11 is 0. The molecule has 100 valence electrons. The molecule has 1 aromatic carbocycles. The lowest BCUT2D eigenvalue weighted by molar-refractivity contribution is 0.0923. The molecule has 1 fully saturated rings. The molecule has 1 aliphatic rings. The average Bonchev–Trinajstić information content (AvgIpc) is 2.88. The molecule has 2 N–H and O–H groups in total. The number of carbonyl (C=O) groups is 1. The van der Waals surface area contributed by atoms with Crippen molar-refractivity contribution in [1.82, 2.24) is 10.3 Å². The highest BCUT2D eigenvalue weighted by Crippen LogP contribution is 2.23. The van der Waals surface area contributed by atoms with Crippen molar-refractivity contribution < 1.29 is 4.79 Å². The van der Waals surface area contributed by atoms with Crippen molar-refractivity contribution >= 4 is 16.8 Å². The first kappa shape index (κ1) is 12.3. The SMILES string of the molecule is CC1CCC(NC(=O)c2ccc3cc[nH]c3c2)CC1. The minimum absolute atomic E-state index is 0.0519. The van der Waals surface area contributed by atoms with Gasteiger partial charge in [0.25, 0.3) is 5.91 Å². The number of aromatic nitrogens is 1. The van der Waals surface area contributed by atoms with Crippen molar-refractivity contribution in [2.24, 2.45) is 5.92 Å². The summed E-state index contributed by atoms with van der Waals surface area (Å²) in [7, 11) is 0. The maximum absolute atomic E-state index is 12.2. The molecule has 19 heavy (non-hydrogen) atoms. The van der Waals surface area contributed by atoms with Crippen LogP contribution < -0.4 is 5.32 Å². The largest absolute Gasteiger partial charge is 0.361 e. The first-order valence-corrected chi connectivity index (χ1v) is 7.10. The molecule has 1 aromatic heterocycles. The smallest absolute Gasteiger partial charge is 0.251 e. The Morgan fingerprint density at radius 1 is 1.21 bits per heavy atom. The zero-order valence-electron chi connectivity index (χ0n) is 11.3. The maximum atomic E-state index is 12.2. The molecular weight excluding hydrogens is 236 g/mol. The van der Waals surface area contributed by atoms with Crippen LogP contribution in [0.25, 0.3) is 10.9 Å². The van der Waals surface area contributed by atoms with Crippen molar-refractivity contribution in [3.63, 3.8) is 0 Å². The Morgan fingerprint density at radius 3 is 2.79 bits per heavy atom. The molecule has 0 saturated heterocycles. The van der Waals surface area contributed by atoms with Gasteiger partial charge in [-0.05, 0) is 55.2 Å². The summed E-state index contributed by atoms with van der Waals surface area (Å²) in [6.07, 6.45) is 6.56. The van der Waals surface area contributed by atoms with Crippen LogP contribution in [0.4, 0.5) is 0 Å². The lowest BCUT2D eigenvalue weighted by Gasteiger charge is -2.26. The fraction of sp³-hybridized carbons (Fsp3) is 0.438. The van der Waals surface area contributed by atoms with Crippen molar-refractivity contribution in [1.29, 1.82) is 0 Å². The van der Waals surface area contributed by atoms with E-state index in [9.17, 15) is 4.79 Å². The summed E-state index contributed by atoms with van der Waals surface area (Å²) in [6.45, 7) is 2.29. The van der Waals surface area contributed by atoms with Gasteiger partial charge in [-0.2, -0.15) is 0 Å². The molecule has 0 bridgehead atoms. The summed E-state index contributed by atoms with van der Waals surface area (Å²) in [5.74, 6) is 0.861. The van der Waals surface area contributed by atoms with Gasteiger partial charge in [-0.15, -0.1) is 0 Å². The van der Waals surface area contributed by atoms with Gasteiger partial charge in [0.1, 0.15) is 0 Å². The zero-order valence-corrected chi connectivity index (χ0v) is 11.3. The van der Waals surface area contributed by atoms with Gasteiger partial charge in [0.2, 0.25) is 0 Å². The Bertz CT molecular complexity index is 579. The summed E-state index contributed by atoms with van der Waals surface area (Å²) in [5.41, 5.74) is 1.76. The third-order valence-electron chi connectivity index (χ3n) is 4.17. The van der Waals surface area contributed by atoms with Crippen LogP contribution in [0.15, 0.2) is 30.5 Å². The van der Waals surface area contributed by atoms with E-state index in [1.807, 2.05) is 30.5 Å². The number of hydrogen-bond donors (Lipinski definition) is 2. The zero-order chi connectivity index (χ0) is 13.2. The molecule has 1 amide bonds. The normalized spacial score (nSPS) is 23.4. The number of hydrogen-bond acceptors (Lipinski definition) is 1. The van der Waals surface area contributed by atoms with E-state index in [4.69, 9.17) is 0 Å². The Kier molecular flexibility index (Phi) is 3.28. The average molecular weight is 256 g/mol. The molecule has 1 aliphatic carbocycles. The Hall–Kier alpha value is -1.77. The molecule has 0 aliphatic heterocycles. The quantitative estimate of drug-likeness (QED) is 0.849. The second kappa shape index (κ2) is 5.08. The number of amides is 1. The van der Waals surface area contributed by atoms with E-state index < -0.39 is 0 Å². The summed E-state index contributed by atoms with van der Waals surface area (Å²) in [5, 5.41) is 4.30. The molecule has 2 aromatic rings. The monoisotopic (exact) mass is 256 g/mol. The minimum atomic E-state index is 0.0519. The Labute approximate surface area is 113 Å². The van der Waals surface area contributed by atoms with E-state index in [0.717, 1.165) is 35.2 Å². The predicted molar refractivity (Wildman–Crippen MR) is 77.2 cm³/mol. The van der Waals surface area contributed by atoms with Crippen LogP contribution in [0.1, 0.15) is 43.0 Å². The molecule has 1 heterocycles. The second-order valence-electron chi connectivity index (χ2n) is 5.71. The van der Waals surface area contributed by atoms with Crippen LogP contribution in [0.3, 0.4) is 0 Å². The fourth-order valence-electron chi connectivity index (χ4n) is 2.86. The van der Waals surface area contributed by atoms with E-state index in [-0.39, 0.29) is 5.91 Å². The van der Waals surface area contributed by atoms with E-state index in [2.05, 4.69) is 17.2 Å².